The topological polar surface area (TPSA) is 37.4 Å². The van der Waals surface area contributed by atoms with Gasteiger partial charge in [-0.25, -0.2) is 17.2 Å². The smallest absolute Gasteiger partial charge is 0.259 e. The third-order valence-corrected chi connectivity index (χ3v) is 6.29. The molecule has 0 aromatic heterocycles. The van der Waals surface area contributed by atoms with E-state index in [1.165, 1.54) is 30.3 Å². The van der Waals surface area contributed by atoms with Crippen molar-refractivity contribution in [1.29, 1.82) is 0 Å². The van der Waals surface area contributed by atoms with Gasteiger partial charge in [0.1, 0.15) is 11.6 Å². The highest BCUT2D eigenvalue weighted by Crippen LogP contribution is 2.34. The van der Waals surface area contributed by atoms with Crippen molar-refractivity contribution in [3.8, 4) is 0 Å². The molecule has 0 saturated heterocycles. The van der Waals surface area contributed by atoms with Crippen LogP contribution >= 0.6 is 0 Å². The van der Waals surface area contributed by atoms with Crippen molar-refractivity contribution in [1.82, 2.24) is 0 Å². The predicted octanol–water partition coefficient (Wildman–Crippen LogP) is 5.23. The van der Waals surface area contributed by atoms with Crippen LogP contribution in [0.3, 0.4) is 0 Å². The number of sulfonamides is 1. The minimum absolute atomic E-state index is 0.179. The van der Waals surface area contributed by atoms with Gasteiger partial charge in [0.2, 0.25) is 0 Å². The highest BCUT2D eigenvalue weighted by atomic mass is 32.2. The second-order valence-electron chi connectivity index (χ2n) is 6.28. The summed E-state index contributed by atoms with van der Waals surface area (Å²) in [6.07, 6.45) is 0. The van der Waals surface area contributed by atoms with Crippen LogP contribution in [0, 0.1) is 18.6 Å². The Balaban J connectivity index is 2.19. The number of halogens is 2. The van der Waals surface area contributed by atoms with Crippen molar-refractivity contribution < 1.29 is 17.2 Å². The van der Waals surface area contributed by atoms with Crippen molar-refractivity contribution in [2.45, 2.75) is 24.8 Å². The van der Waals surface area contributed by atoms with E-state index < -0.39 is 27.7 Å². The molecule has 0 amide bonds. The lowest BCUT2D eigenvalue weighted by Crippen LogP contribution is -2.34. The molecule has 3 aromatic rings. The van der Waals surface area contributed by atoms with Gasteiger partial charge in [0, 0.05) is 0 Å². The molecule has 0 aliphatic carbocycles. The van der Waals surface area contributed by atoms with E-state index in [0.29, 0.717) is 5.56 Å². The van der Waals surface area contributed by atoms with Crippen LogP contribution in [0.25, 0.3) is 0 Å². The lowest BCUT2D eigenvalue weighted by molar-refractivity contribution is 0.578. The van der Waals surface area contributed by atoms with Crippen LogP contribution in [-0.2, 0) is 10.0 Å². The van der Waals surface area contributed by atoms with Gasteiger partial charge in [-0.3, -0.25) is 4.31 Å². The number of aryl methyl sites for hydroxylation is 1. The molecule has 1 atom stereocenters. The van der Waals surface area contributed by atoms with E-state index in [1.54, 1.807) is 44.2 Å². The number of nitrogens with zero attached hydrogens (tertiary/aromatic N) is 1. The van der Waals surface area contributed by atoms with Crippen LogP contribution < -0.4 is 4.31 Å². The molecule has 3 aromatic carbocycles. The summed E-state index contributed by atoms with van der Waals surface area (Å²) >= 11 is 0. The average Bonchev–Trinajstić information content (AvgIpc) is 2.65. The minimum atomic E-state index is -4.13. The summed E-state index contributed by atoms with van der Waals surface area (Å²) < 4.78 is 55.6. The first kappa shape index (κ1) is 19.0. The monoisotopic (exact) mass is 387 g/mol. The zero-order valence-electron chi connectivity index (χ0n) is 14.9. The summed E-state index contributed by atoms with van der Waals surface area (Å²) in [5, 5.41) is 0. The van der Waals surface area contributed by atoms with Gasteiger partial charge in [-0.15, -0.1) is 0 Å². The maximum absolute atomic E-state index is 14.2. The molecule has 6 heteroatoms. The Morgan fingerprint density at radius 3 is 2.22 bits per heavy atom. The summed E-state index contributed by atoms with van der Waals surface area (Å²) in [6.45, 7) is 3.31. The second kappa shape index (κ2) is 7.48. The Labute approximate surface area is 157 Å². The van der Waals surface area contributed by atoms with Crippen molar-refractivity contribution in [2.24, 2.45) is 0 Å². The maximum atomic E-state index is 14.2. The van der Waals surface area contributed by atoms with Crippen molar-refractivity contribution >= 4 is 15.7 Å². The molecule has 0 fully saturated rings. The van der Waals surface area contributed by atoms with Crippen LogP contribution in [0.1, 0.15) is 24.1 Å². The van der Waals surface area contributed by atoms with Gasteiger partial charge < -0.3 is 0 Å². The van der Waals surface area contributed by atoms with Crippen LogP contribution in [0.5, 0.6) is 0 Å². The van der Waals surface area contributed by atoms with E-state index >= 15 is 0 Å². The van der Waals surface area contributed by atoms with Crippen LogP contribution in [0.15, 0.2) is 77.7 Å². The molecule has 0 spiro atoms. The first-order valence-corrected chi connectivity index (χ1v) is 9.86. The highest BCUT2D eigenvalue weighted by Gasteiger charge is 2.31. The molecular weight excluding hydrogens is 368 g/mol. The third kappa shape index (κ3) is 3.85. The Morgan fingerprint density at radius 1 is 0.889 bits per heavy atom. The minimum Gasteiger partial charge on any atom is -0.259 e. The number of benzene rings is 3. The Hall–Kier alpha value is -2.73. The summed E-state index contributed by atoms with van der Waals surface area (Å²) in [4.78, 5) is -0.189. The molecule has 3 rings (SSSR count). The number of hydrogen-bond acceptors (Lipinski definition) is 2. The first-order valence-electron chi connectivity index (χ1n) is 8.42. The molecule has 0 heterocycles. The summed E-state index contributed by atoms with van der Waals surface area (Å²) in [7, 11) is -4.13. The largest absolute Gasteiger partial charge is 0.264 e. The zero-order chi connectivity index (χ0) is 19.6. The quantitative estimate of drug-likeness (QED) is 0.601. The van der Waals surface area contributed by atoms with Crippen molar-refractivity contribution in [3.05, 3.63) is 95.6 Å². The number of rotatable bonds is 5. The molecule has 27 heavy (non-hydrogen) atoms. The molecule has 1 unspecified atom stereocenters. The number of hydrogen-bond donors (Lipinski definition) is 0. The molecule has 140 valence electrons. The van der Waals surface area contributed by atoms with E-state index in [1.807, 2.05) is 6.07 Å². The van der Waals surface area contributed by atoms with E-state index in [0.717, 1.165) is 15.9 Å². The van der Waals surface area contributed by atoms with Crippen molar-refractivity contribution in [2.75, 3.05) is 4.31 Å². The number of anilines is 1. The van der Waals surface area contributed by atoms with E-state index in [2.05, 4.69) is 0 Å². The second-order valence-corrected chi connectivity index (χ2v) is 8.09. The van der Waals surface area contributed by atoms with Crippen LogP contribution in [0.2, 0.25) is 0 Å². The van der Waals surface area contributed by atoms with Crippen LogP contribution in [-0.4, -0.2) is 8.42 Å². The molecule has 0 aliphatic heterocycles. The Bertz CT molecular complexity index is 1050. The molecule has 3 nitrogen and oxygen atoms in total. The summed E-state index contributed by atoms with van der Waals surface area (Å²) in [5.41, 5.74) is 1.33. The normalized spacial score (nSPS) is 12.6. The zero-order valence-corrected chi connectivity index (χ0v) is 15.7. The van der Waals surface area contributed by atoms with Gasteiger partial charge in [-0.05, 0) is 55.3 Å². The fourth-order valence-corrected chi connectivity index (χ4v) is 4.57. The SMILES string of the molecule is Cc1ccc(N(C(C)c2ccccc2)S(=O)(=O)c2cccc(F)c2)cc1F. The Kier molecular flexibility index (Phi) is 5.28. The first-order chi connectivity index (χ1) is 12.8. The highest BCUT2D eigenvalue weighted by molar-refractivity contribution is 7.92. The lowest BCUT2D eigenvalue weighted by Gasteiger charge is -2.31. The molecular formula is C21H19F2NO2S. The average molecular weight is 387 g/mol. The van der Waals surface area contributed by atoms with Crippen LogP contribution in [0.4, 0.5) is 14.5 Å². The van der Waals surface area contributed by atoms with Gasteiger partial charge in [0.15, 0.2) is 0 Å². The fraction of sp³-hybridized carbons (Fsp3) is 0.143. The fourth-order valence-electron chi connectivity index (χ4n) is 2.90. The molecule has 0 aliphatic rings. The van der Waals surface area contributed by atoms with E-state index in [9.17, 15) is 17.2 Å². The standard InChI is InChI=1S/C21H19F2NO2S/c1-15-11-12-19(14-21(15)23)24(16(2)17-7-4-3-5-8-17)27(25,26)20-10-6-9-18(22)13-20/h3-14,16H,1-2H3. The van der Waals surface area contributed by atoms with Crippen molar-refractivity contribution in [3.63, 3.8) is 0 Å². The maximum Gasteiger partial charge on any atom is 0.264 e. The van der Waals surface area contributed by atoms with Gasteiger partial charge >= 0.3 is 0 Å². The molecule has 0 N–H and O–H groups in total. The van der Waals surface area contributed by atoms with Gasteiger partial charge in [0.05, 0.1) is 16.6 Å². The van der Waals surface area contributed by atoms with Gasteiger partial charge in [0.25, 0.3) is 10.0 Å². The molecule has 0 radical (unpaired) electrons. The van der Waals surface area contributed by atoms with Gasteiger partial charge in [-0.2, -0.15) is 0 Å². The van der Waals surface area contributed by atoms with E-state index in [-0.39, 0.29) is 10.6 Å². The van der Waals surface area contributed by atoms with Gasteiger partial charge in [-0.1, -0.05) is 42.5 Å². The third-order valence-electron chi connectivity index (χ3n) is 4.40. The summed E-state index contributed by atoms with van der Waals surface area (Å²) in [5.74, 6) is -1.16. The molecule has 0 bridgehead atoms. The Morgan fingerprint density at radius 2 is 1.59 bits per heavy atom. The van der Waals surface area contributed by atoms with E-state index in [4.69, 9.17) is 0 Å². The molecule has 0 saturated carbocycles. The predicted molar refractivity (Wildman–Crippen MR) is 102 cm³/mol. The summed E-state index contributed by atoms with van der Waals surface area (Å²) in [6, 6.07) is 17.5. The lowest BCUT2D eigenvalue weighted by atomic mass is 10.1.